The van der Waals surface area contributed by atoms with Gasteiger partial charge in [-0.3, -0.25) is 13.8 Å². The fourth-order valence-corrected chi connectivity index (χ4v) is 5.88. The van der Waals surface area contributed by atoms with E-state index in [0.29, 0.717) is 17.4 Å². The molecule has 1 unspecified atom stereocenters. The smallest absolute Gasteiger partial charge is 0.472 e. The van der Waals surface area contributed by atoms with Gasteiger partial charge in [-0.2, -0.15) is 0 Å². The zero-order valence-corrected chi connectivity index (χ0v) is 35.4. The largest absolute Gasteiger partial charge is 0.498 e. The molecule has 0 heterocycles. The molecule has 0 fully saturated rings. The number of nitrogens with zero attached hydrogens (tertiary/aromatic N) is 1. The lowest BCUT2D eigenvalue weighted by molar-refractivity contribution is -0.870. The van der Waals surface area contributed by atoms with Crippen LogP contribution in [0.2, 0.25) is 0 Å². The molecule has 1 N–H and O–H groups in total. The summed E-state index contributed by atoms with van der Waals surface area (Å²) in [5, 5.41) is 0. The van der Waals surface area contributed by atoms with Gasteiger partial charge >= 0.3 is 13.8 Å². The van der Waals surface area contributed by atoms with Crippen molar-refractivity contribution in [2.24, 2.45) is 0 Å². The molecule has 2 atom stereocenters. The van der Waals surface area contributed by atoms with Crippen molar-refractivity contribution in [3.05, 3.63) is 73.1 Å². The van der Waals surface area contributed by atoms with Crippen molar-refractivity contribution in [1.29, 1.82) is 0 Å². The van der Waals surface area contributed by atoms with Gasteiger partial charge in [-0.05, 0) is 63.9 Å². The van der Waals surface area contributed by atoms with Crippen molar-refractivity contribution in [2.45, 2.75) is 155 Å². The van der Waals surface area contributed by atoms with Crippen LogP contribution in [0.3, 0.4) is 0 Å². The van der Waals surface area contributed by atoms with Gasteiger partial charge in [0, 0.05) is 6.42 Å². The number of unbranched alkanes of at least 4 members (excludes halogenated alkanes) is 13. The standard InChI is InChI=1S/C44H78NO7P/c1-6-8-10-12-14-16-18-20-22-23-24-25-27-29-31-33-35-37-44(46)52-43(42-51-53(47,48)50-40-38-45(3,4)5)41-49-39-36-34-32-30-28-26-21-19-17-15-13-11-9-7-2/h8,10,14,16,20,22,24-25,29,31,36,39,43H,6-7,9,11-13,15,17-19,21,23,26-28,30,32-35,37-38,40-42H2,1-5H3/p+1/b10-8+,16-14+,22-20+,25-24+,31-29+,39-36+/t43-/m1/s1. The highest BCUT2D eigenvalue weighted by molar-refractivity contribution is 7.47. The Hall–Kier alpha value is -2.22. The molecule has 0 aliphatic carbocycles. The molecule has 0 aromatic rings. The average molecular weight is 765 g/mol. The van der Waals surface area contributed by atoms with Gasteiger partial charge in [-0.15, -0.1) is 0 Å². The summed E-state index contributed by atoms with van der Waals surface area (Å²) >= 11 is 0. The average Bonchev–Trinajstić information content (AvgIpc) is 3.11. The SMILES string of the molecule is CC/C=C/C/C=C/C/C=C/C/C=C/C/C=C/CCCC(=O)O[C@H](CO/C=C/CCCCCCCCCCCCCC)COP(=O)(O)OCC[N+](C)(C)C. The van der Waals surface area contributed by atoms with Crippen LogP contribution < -0.4 is 0 Å². The molecule has 0 saturated heterocycles. The van der Waals surface area contributed by atoms with Crippen LogP contribution in [0.1, 0.15) is 149 Å². The minimum Gasteiger partial charge on any atom is -0.498 e. The number of carbonyl (C=O) groups is 1. The van der Waals surface area contributed by atoms with Crippen LogP contribution in [-0.4, -0.2) is 69.0 Å². The van der Waals surface area contributed by atoms with E-state index < -0.39 is 19.9 Å². The van der Waals surface area contributed by atoms with E-state index in [1.165, 1.54) is 70.6 Å². The summed E-state index contributed by atoms with van der Waals surface area (Å²) in [6.45, 7) is 4.73. The van der Waals surface area contributed by atoms with Gasteiger partial charge in [0.2, 0.25) is 0 Å². The van der Waals surface area contributed by atoms with Crippen LogP contribution in [0.25, 0.3) is 0 Å². The number of quaternary nitrogens is 1. The van der Waals surface area contributed by atoms with Crippen molar-refractivity contribution in [3.8, 4) is 0 Å². The van der Waals surface area contributed by atoms with E-state index in [1.54, 1.807) is 6.26 Å². The van der Waals surface area contributed by atoms with Gasteiger partial charge < -0.3 is 18.9 Å². The first-order valence-corrected chi connectivity index (χ1v) is 22.2. The van der Waals surface area contributed by atoms with E-state index in [-0.39, 0.29) is 26.2 Å². The summed E-state index contributed by atoms with van der Waals surface area (Å²) in [5.41, 5.74) is 0. The predicted octanol–water partition coefficient (Wildman–Crippen LogP) is 12.3. The topological polar surface area (TPSA) is 91.3 Å². The summed E-state index contributed by atoms with van der Waals surface area (Å²) in [6, 6.07) is 0. The number of hydrogen-bond donors (Lipinski definition) is 1. The molecule has 0 bridgehead atoms. The van der Waals surface area contributed by atoms with Crippen LogP contribution in [0.5, 0.6) is 0 Å². The molecule has 0 amide bonds. The third-order valence-electron chi connectivity index (χ3n) is 8.35. The number of hydrogen-bond acceptors (Lipinski definition) is 6. The quantitative estimate of drug-likeness (QED) is 0.0168. The Morgan fingerprint density at radius 1 is 0.623 bits per heavy atom. The lowest BCUT2D eigenvalue weighted by atomic mass is 10.0. The normalized spacial score (nSPS) is 14.5. The molecule has 0 aromatic heterocycles. The molecule has 0 aliphatic heterocycles. The Bertz CT molecular complexity index is 1070. The summed E-state index contributed by atoms with van der Waals surface area (Å²) in [7, 11) is 1.59. The number of phosphoric acid groups is 1. The molecule has 0 saturated carbocycles. The molecule has 0 spiro atoms. The second kappa shape index (κ2) is 36.7. The third-order valence-corrected chi connectivity index (χ3v) is 9.33. The van der Waals surface area contributed by atoms with Crippen LogP contribution >= 0.6 is 7.82 Å². The highest BCUT2D eigenvalue weighted by Crippen LogP contribution is 2.43. The molecule has 0 aliphatic rings. The Kier molecular flexibility index (Phi) is 35.2. The predicted molar refractivity (Wildman–Crippen MR) is 224 cm³/mol. The van der Waals surface area contributed by atoms with Gasteiger partial charge in [0.1, 0.15) is 19.8 Å². The summed E-state index contributed by atoms with van der Waals surface area (Å²) in [5.74, 6) is -0.395. The van der Waals surface area contributed by atoms with Gasteiger partial charge in [-0.25, -0.2) is 4.57 Å². The highest BCUT2D eigenvalue weighted by Gasteiger charge is 2.26. The van der Waals surface area contributed by atoms with Gasteiger partial charge in [0.05, 0.1) is 34.0 Å². The van der Waals surface area contributed by atoms with E-state index >= 15 is 0 Å². The minimum atomic E-state index is -4.31. The fourth-order valence-electron chi connectivity index (χ4n) is 5.14. The molecular weight excluding hydrogens is 685 g/mol. The summed E-state index contributed by atoms with van der Waals surface area (Å²) in [4.78, 5) is 22.8. The number of esters is 1. The number of ether oxygens (including phenoxy) is 2. The lowest BCUT2D eigenvalue weighted by Crippen LogP contribution is -2.37. The van der Waals surface area contributed by atoms with Crippen LogP contribution in [0.15, 0.2) is 73.1 Å². The zero-order chi connectivity index (χ0) is 39.1. The van der Waals surface area contributed by atoms with Crippen molar-refractivity contribution in [3.63, 3.8) is 0 Å². The Labute approximate surface area is 325 Å². The summed E-state index contributed by atoms with van der Waals surface area (Å²) < 4.78 is 34.6. The molecule has 306 valence electrons. The number of allylic oxidation sites excluding steroid dienone is 11. The first-order valence-electron chi connectivity index (χ1n) is 20.7. The first kappa shape index (κ1) is 50.8. The molecule has 0 aromatic carbocycles. The van der Waals surface area contributed by atoms with Crippen molar-refractivity contribution < 1.29 is 37.3 Å². The molecular formula is C44H79NO7P+. The second-order valence-electron chi connectivity index (χ2n) is 14.7. The minimum absolute atomic E-state index is 0.0222. The lowest BCUT2D eigenvalue weighted by Gasteiger charge is -2.24. The van der Waals surface area contributed by atoms with E-state index in [2.05, 4.69) is 74.6 Å². The van der Waals surface area contributed by atoms with Gasteiger partial charge in [-0.1, -0.05) is 145 Å². The van der Waals surface area contributed by atoms with Crippen LogP contribution in [-0.2, 0) is 27.9 Å². The first-order chi connectivity index (χ1) is 25.6. The van der Waals surface area contributed by atoms with Gasteiger partial charge in [0.15, 0.2) is 6.10 Å². The molecule has 8 nitrogen and oxygen atoms in total. The second-order valence-corrected chi connectivity index (χ2v) is 16.2. The van der Waals surface area contributed by atoms with E-state index in [9.17, 15) is 14.3 Å². The monoisotopic (exact) mass is 765 g/mol. The molecule has 0 radical (unpaired) electrons. The highest BCUT2D eigenvalue weighted by atomic mass is 31.2. The van der Waals surface area contributed by atoms with E-state index in [4.69, 9.17) is 18.5 Å². The molecule has 53 heavy (non-hydrogen) atoms. The zero-order valence-electron chi connectivity index (χ0n) is 34.5. The van der Waals surface area contributed by atoms with Crippen LogP contribution in [0, 0.1) is 0 Å². The maximum absolute atomic E-state index is 12.6. The molecule has 0 rings (SSSR count). The maximum Gasteiger partial charge on any atom is 0.472 e. The Balaban J connectivity index is 4.45. The number of rotatable bonds is 37. The third kappa shape index (κ3) is 40.8. The Morgan fingerprint density at radius 3 is 1.64 bits per heavy atom. The van der Waals surface area contributed by atoms with Gasteiger partial charge in [0.25, 0.3) is 0 Å². The van der Waals surface area contributed by atoms with Crippen LogP contribution in [0.4, 0.5) is 0 Å². The van der Waals surface area contributed by atoms with Crippen molar-refractivity contribution in [1.82, 2.24) is 0 Å². The number of likely N-dealkylation sites (N-methyl/N-ethyl adjacent to an activating group) is 1. The van der Waals surface area contributed by atoms with E-state index in [1.807, 2.05) is 27.2 Å². The molecule has 9 heteroatoms. The van der Waals surface area contributed by atoms with Crippen molar-refractivity contribution >= 4 is 13.8 Å². The fraction of sp³-hybridized carbons (Fsp3) is 0.705. The summed E-state index contributed by atoms with van der Waals surface area (Å²) in [6.07, 6.45) is 47.5. The maximum atomic E-state index is 12.6. The number of phosphoric ester groups is 1. The number of carbonyl (C=O) groups excluding carboxylic acids is 1. The van der Waals surface area contributed by atoms with Crippen molar-refractivity contribution in [2.75, 3.05) is 47.5 Å². The Morgan fingerprint density at radius 2 is 1.11 bits per heavy atom. The van der Waals surface area contributed by atoms with E-state index in [0.717, 1.165) is 51.4 Å².